The fourth-order valence-electron chi connectivity index (χ4n) is 1.48. The van der Waals surface area contributed by atoms with Gasteiger partial charge in [-0.15, -0.1) is 0 Å². The zero-order chi connectivity index (χ0) is 11.8. The van der Waals surface area contributed by atoms with Crippen molar-refractivity contribution in [1.82, 2.24) is 4.98 Å². The van der Waals surface area contributed by atoms with Gasteiger partial charge >= 0.3 is 5.97 Å². The Morgan fingerprint density at radius 2 is 2.12 bits per heavy atom. The molecule has 0 spiro atoms. The van der Waals surface area contributed by atoms with Crippen molar-refractivity contribution in [2.75, 3.05) is 12.3 Å². The standard InChI is InChI=1S/C12H20N2O2/c1-2-3-4-5-6-7-16-12(15)11-8-10(13)9-14-11/h8-9,14H,2-7,13H2,1H3. The number of nitrogen functional groups attached to an aromatic ring is 1. The minimum atomic E-state index is -0.327. The van der Waals surface area contributed by atoms with Gasteiger partial charge in [0.1, 0.15) is 5.69 Å². The minimum absolute atomic E-state index is 0.327. The largest absolute Gasteiger partial charge is 0.461 e. The van der Waals surface area contributed by atoms with Crippen molar-refractivity contribution >= 4 is 11.7 Å². The highest BCUT2D eigenvalue weighted by Crippen LogP contribution is 2.07. The van der Waals surface area contributed by atoms with E-state index in [1.807, 2.05) is 0 Å². The normalized spacial score (nSPS) is 10.3. The van der Waals surface area contributed by atoms with Crippen molar-refractivity contribution in [3.8, 4) is 0 Å². The third-order valence-electron chi connectivity index (χ3n) is 2.41. The lowest BCUT2D eigenvalue weighted by Crippen LogP contribution is -2.06. The van der Waals surface area contributed by atoms with E-state index >= 15 is 0 Å². The van der Waals surface area contributed by atoms with Gasteiger partial charge < -0.3 is 15.5 Å². The maximum Gasteiger partial charge on any atom is 0.354 e. The molecule has 0 amide bonds. The Hall–Kier alpha value is -1.45. The summed E-state index contributed by atoms with van der Waals surface area (Å²) in [5.41, 5.74) is 6.46. The molecule has 90 valence electrons. The average Bonchev–Trinajstić information content (AvgIpc) is 2.70. The van der Waals surface area contributed by atoms with Crippen LogP contribution >= 0.6 is 0 Å². The van der Waals surface area contributed by atoms with E-state index in [0.717, 1.165) is 12.8 Å². The van der Waals surface area contributed by atoms with Gasteiger partial charge in [0.15, 0.2) is 0 Å². The molecule has 0 unspecified atom stereocenters. The monoisotopic (exact) mass is 224 g/mol. The van der Waals surface area contributed by atoms with Crippen molar-refractivity contribution in [3.05, 3.63) is 18.0 Å². The summed E-state index contributed by atoms with van der Waals surface area (Å²) in [6.45, 7) is 2.66. The van der Waals surface area contributed by atoms with Crippen LogP contribution in [0.5, 0.6) is 0 Å². The number of carbonyl (C=O) groups excluding carboxylic acids is 1. The molecule has 0 fully saturated rings. The Kier molecular flexibility index (Phi) is 5.46. The Morgan fingerprint density at radius 3 is 2.75 bits per heavy atom. The Morgan fingerprint density at radius 1 is 1.38 bits per heavy atom. The molecule has 3 N–H and O–H groups in total. The fourth-order valence-corrected chi connectivity index (χ4v) is 1.48. The van der Waals surface area contributed by atoms with Crippen molar-refractivity contribution < 1.29 is 9.53 Å². The first-order valence-corrected chi connectivity index (χ1v) is 5.85. The second-order valence-corrected chi connectivity index (χ2v) is 3.90. The molecule has 0 aliphatic heterocycles. The third kappa shape index (κ3) is 4.38. The van der Waals surface area contributed by atoms with Crippen LogP contribution in [0.15, 0.2) is 12.3 Å². The quantitative estimate of drug-likeness (QED) is 0.552. The van der Waals surface area contributed by atoms with Crippen LogP contribution in [0.1, 0.15) is 49.5 Å². The number of nitrogens with two attached hydrogens (primary N) is 1. The summed E-state index contributed by atoms with van der Waals surface area (Å²) in [4.78, 5) is 14.2. The van der Waals surface area contributed by atoms with Gasteiger partial charge in [-0.3, -0.25) is 0 Å². The van der Waals surface area contributed by atoms with Crippen LogP contribution in [0.4, 0.5) is 5.69 Å². The number of H-pyrrole nitrogens is 1. The van der Waals surface area contributed by atoms with Gasteiger partial charge in [-0.05, 0) is 12.5 Å². The highest BCUT2D eigenvalue weighted by Gasteiger charge is 2.08. The molecule has 16 heavy (non-hydrogen) atoms. The molecule has 0 radical (unpaired) electrons. The maximum absolute atomic E-state index is 11.4. The van der Waals surface area contributed by atoms with Crippen molar-refractivity contribution in [2.24, 2.45) is 0 Å². The first-order chi connectivity index (χ1) is 7.74. The highest BCUT2D eigenvalue weighted by molar-refractivity contribution is 5.88. The molecular weight excluding hydrogens is 204 g/mol. The van der Waals surface area contributed by atoms with E-state index in [2.05, 4.69) is 11.9 Å². The van der Waals surface area contributed by atoms with Gasteiger partial charge in [-0.1, -0.05) is 32.6 Å². The summed E-state index contributed by atoms with van der Waals surface area (Å²) >= 11 is 0. The number of unbranched alkanes of at least 4 members (excludes halogenated alkanes) is 4. The third-order valence-corrected chi connectivity index (χ3v) is 2.41. The predicted octanol–water partition coefficient (Wildman–Crippen LogP) is 2.72. The number of ether oxygens (including phenoxy) is 1. The molecule has 0 saturated heterocycles. The van der Waals surface area contributed by atoms with E-state index in [-0.39, 0.29) is 5.97 Å². The van der Waals surface area contributed by atoms with Crippen LogP contribution in [0, 0.1) is 0 Å². The number of aromatic nitrogens is 1. The molecule has 0 aromatic carbocycles. The molecular formula is C12H20N2O2. The SMILES string of the molecule is CCCCCCCOC(=O)c1cc(N)c[nH]1. The van der Waals surface area contributed by atoms with E-state index in [1.165, 1.54) is 19.3 Å². The van der Waals surface area contributed by atoms with E-state index < -0.39 is 0 Å². The highest BCUT2D eigenvalue weighted by atomic mass is 16.5. The van der Waals surface area contributed by atoms with Crippen LogP contribution in [0.25, 0.3) is 0 Å². The summed E-state index contributed by atoms with van der Waals surface area (Å²) in [6.07, 6.45) is 7.32. The van der Waals surface area contributed by atoms with Crippen LogP contribution < -0.4 is 5.73 Å². The first kappa shape index (κ1) is 12.6. The fraction of sp³-hybridized carbons (Fsp3) is 0.583. The molecule has 1 heterocycles. The summed E-state index contributed by atoms with van der Waals surface area (Å²) in [7, 11) is 0. The van der Waals surface area contributed by atoms with Crippen LogP contribution in [0.2, 0.25) is 0 Å². The summed E-state index contributed by atoms with van der Waals surface area (Å²) in [6, 6.07) is 1.58. The molecule has 0 atom stereocenters. The average molecular weight is 224 g/mol. The molecule has 0 bridgehead atoms. The van der Waals surface area contributed by atoms with Gasteiger partial charge in [0.05, 0.1) is 12.3 Å². The van der Waals surface area contributed by atoms with Crippen molar-refractivity contribution in [1.29, 1.82) is 0 Å². The summed E-state index contributed by atoms with van der Waals surface area (Å²) in [5, 5.41) is 0. The number of aromatic amines is 1. The van der Waals surface area contributed by atoms with Gasteiger partial charge in [0.2, 0.25) is 0 Å². The van der Waals surface area contributed by atoms with Crippen LogP contribution in [-0.2, 0) is 4.74 Å². The number of hydrogen-bond acceptors (Lipinski definition) is 3. The number of anilines is 1. The second-order valence-electron chi connectivity index (χ2n) is 3.90. The van der Waals surface area contributed by atoms with Crippen LogP contribution in [-0.4, -0.2) is 17.6 Å². The van der Waals surface area contributed by atoms with E-state index in [4.69, 9.17) is 10.5 Å². The van der Waals surface area contributed by atoms with Crippen molar-refractivity contribution in [3.63, 3.8) is 0 Å². The van der Waals surface area contributed by atoms with Gasteiger partial charge in [0.25, 0.3) is 0 Å². The Bertz CT molecular complexity index is 321. The van der Waals surface area contributed by atoms with Crippen molar-refractivity contribution in [2.45, 2.75) is 39.0 Å². The first-order valence-electron chi connectivity index (χ1n) is 5.85. The van der Waals surface area contributed by atoms with Crippen LogP contribution in [0.3, 0.4) is 0 Å². The van der Waals surface area contributed by atoms with Gasteiger partial charge in [-0.2, -0.15) is 0 Å². The summed E-state index contributed by atoms with van der Waals surface area (Å²) < 4.78 is 5.10. The topological polar surface area (TPSA) is 68.1 Å². The Labute approximate surface area is 96.2 Å². The van der Waals surface area contributed by atoms with E-state index in [0.29, 0.717) is 18.0 Å². The zero-order valence-electron chi connectivity index (χ0n) is 9.79. The molecule has 0 saturated carbocycles. The number of hydrogen-bond donors (Lipinski definition) is 2. The Balaban J connectivity index is 2.11. The van der Waals surface area contributed by atoms with Gasteiger partial charge in [0, 0.05) is 6.20 Å². The number of rotatable bonds is 7. The molecule has 4 nitrogen and oxygen atoms in total. The lowest BCUT2D eigenvalue weighted by atomic mass is 10.2. The number of esters is 1. The lowest BCUT2D eigenvalue weighted by Gasteiger charge is -2.02. The molecule has 1 aromatic heterocycles. The zero-order valence-corrected chi connectivity index (χ0v) is 9.79. The van der Waals surface area contributed by atoms with E-state index in [1.54, 1.807) is 12.3 Å². The second kappa shape index (κ2) is 6.93. The molecule has 4 heteroatoms. The molecule has 1 rings (SSSR count). The number of carbonyl (C=O) groups is 1. The molecule has 1 aromatic rings. The number of nitrogens with one attached hydrogen (secondary N) is 1. The molecule has 0 aliphatic rings. The minimum Gasteiger partial charge on any atom is -0.461 e. The maximum atomic E-state index is 11.4. The summed E-state index contributed by atoms with van der Waals surface area (Å²) in [5.74, 6) is -0.327. The van der Waals surface area contributed by atoms with Gasteiger partial charge in [-0.25, -0.2) is 4.79 Å². The predicted molar refractivity (Wildman–Crippen MR) is 64.2 cm³/mol. The lowest BCUT2D eigenvalue weighted by molar-refractivity contribution is 0.0491. The molecule has 0 aliphatic carbocycles. The smallest absolute Gasteiger partial charge is 0.354 e. The van der Waals surface area contributed by atoms with E-state index in [9.17, 15) is 4.79 Å².